The second-order valence-corrected chi connectivity index (χ2v) is 4.24. The van der Waals surface area contributed by atoms with E-state index in [4.69, 9.17) is 0 Å². The molecule has 1 aliphatic rings. The van der Waals surface area contributed by atoms with Crippen molar-refractivity contribution in [2.45, 2.75) is 13.8 Å². The number of piperazine rings is 1. The highest BCUT2D eigenvalue weighted by Crippen LogP contribution is 2.14. The van der Waals surface area contributed by atoms with E-state index in [1.54, 1.807) is 4.57 Å². The Balaban J connectivity index is 0.000000704. The Hall–Kier alpha value is -2.08. The molecule has 1 saturated heterocycles. The highest BCUT2D eigenvalue weighted by Gasteiger charge is 2.18. The first-order valence-corrected chi connectivity index (χ1v) is 7.05. The Labute approximate surface area is 118 Å². The third kappa shape index (κ3) is 2.91. The minimum atomic E-state index is -0.199. The number of benzene rings is 1. The van der Waals surface area contributed by atoms with Gasteiger partial charge in [-0.15, -0.1) is 5.10 Å². The zero-order chi connectivity index (χ0) is 14.4. The lowest BCUT2D eigenvalue weighted by Crippen LogP contribution is -2.44. The van der Waals surface area contributed by atoms with Gasteiger partial charge in [0.2, 0.25) is 5.95 Å². The van der Waals surface area contributed by atoms with Crippen LogP contribution in [0.5, 0.6) is 0 Å². The van der Waals surface area contributed by atoms with Crippen LogP contribution in [0.2, 0.25) is 0 Å². The molecule has 3 rings (SSSR count). The van der Waals surface area contributed by atoms with Gasteiger partial charge < -0.3 is 10.2 Å². The summed E-state index contributed by atoms with van der Waals surface area (Å²) in [5.41, 5.74) is 0.638. The van der Waals surface area contributed by atoms with Gasteiger partial charge in [0.25, 0.3) is 0 Å². The van der Waals surface area contributed by atoms with Crippen LogP contribution in [0.4, 0.5) is 5.95 Å². The van der Waals surface area contributed by atoms with Crippen LogP contribution in [0.3, 0.4) is 0 Å². The number of anilines is 1. The topological polar surface area (TPSA) is 66.0 Å². The number of hydrogen-bond acceptors (Lipinski definition) is 4. The van der Waals surface area contributed by atoms with E-state index in [2.05, 4.69) is 20.4 Å². The van der Waals surface area contributed by atoms with E-state index in [0.717, 1.165) is 31.9 Å². The number of H-pyrrole nitrogens is 1. The molecule has 2 heterocycles. The molecule has 0 radical (unpaired) electrons. The summed E-state index contributed by atoms with van der Waals surface area (Å²) in [4.78, 5) is 14.0. The van der Waals surface area contributed by atoms with Gasteiger partial charge in [0.15, 0.2) is 0 Å². The highest BCUT2D eigenvalue weighted by atomic mass is 16.1. The van der Waals surface area contributed by atoms with E-state index < -0.39 is 0 Å². The summed E-state index contributed by atoms with van der Waals surface area (Å²) in [7, 11) is 0. The summed E-state index contributed by atoms with van der Waals surface area (Å²) in [5.74, 6) is 0.688. The molecular formula is C14H21N5O. The molecule has 0 amide bonds. The van der Waals surface area contributed by atoms with Gasteiger partial charge in [-0.05, 0) is 12.1 Å². The van der Waals surface area contributed by atoms with Gasteiger partial charge in [-0.2, -0.15) is 0 Å². The fourth-order valence-electron chi connectivity index (χ4n) is 2.18. The maximum Gasteiger partial charge on any atom is 0.349 e. The Bertz CT molecular complexity index is 569. The van der Waals surface area contributed by atoms with Crippen molar-refractivity contribution in [2.24, 2.45) is 0 Å². The largest absolute Gasteiger partial charge is 0.349 e. The second kappa shape index (κ2) is 6.91. The molecule has 2 aromatic rings. The van der Waals surface area contributed by atoms with Gasteiger partial charge in [0, 0.05) is 26.2 Å². The Kier molecular flexibility index (Phi) is 4.95. The predicted octanol–water partition coefficient (Wildman–Crippen LogP) is 0.996. The van der Waals surface area contributed by atoms with Crippen LogP contribution in [0.25, 0.3) is 5.69 Å². The van der Waals surface area contributed by atoms with Crippen LogP contribution < -0.4 is 15.9 Å². The number of para-hydroxylation sites is 1. The molecule has 0 saturated carbocycles. The third-order valence-corrected chi connectivity index (χ3v) is 3.07. The lowest BCUT2D eigenvalue weighted by molar-refractivity contribution is 0.576. The van der Waals surface area contributed by atoms with Crippen molar-refractivity contribution in [1.29, 1.82) is 0 Å². The number of nitrogens with one attached hydrogen (secondary N) is 2. The maximum absolute atomic E-state index is 11.9. The molecule has 1 aliphatic heterocycles. The van der Waals surface area contributed by atoms with Crippen molar-refractivity contribution >= 4 is 5.95 Å². The molecule has 1 aromatic heterocycles. The molecule has 6 heteroatoms. The standard InChI is InChI=1S/C12H15N5O.C2H6/c18-12-15-14-11(16-8-6-13-7-9-16)17(12)10-4-2-1-3-5-10;1-2/h1-5,13H,6-9H2,(H,15,18);1-2H3. The number of hydrogen-bond donors (Lipinski definition) is 2. The summed E-state index contributed by atoms with van der Waals surface area (Å²) < 4.78 is 1.62. The van der Waals surface area contributed by atoms with E-state index >= 15 is 0 Å². The lowest BCUT2D eigenvalue weighted by atomic mass is 10.3. The van der Waals surface area contributed by atoms with Crippen molar-refractivity contribution in [1.82, 2.24) is 20.1 Å². The van der Waals surface area contributed by atoms with Crippen molar-refractivity contribution in [3.05, 3.63) is 40.8 Å². The van der Waals surface area contributed by atoms with Gasteiger partial charge in [-0.25, -0.2) is 14.5 Å². The van der Waals surface area contributed by atoms with Crippen molar-refractivity contribution < 1.29 is 0 Å². The van der Waals surface area contributed by atoms with E-state index in [0.29, 0.717) is 5.95 Å². The smallest absolute Gasteiger partial charge is 0.338 e. The average Bonchev–Trinajstić information content (AvgIpc) is 2.93. The quantitative estimate of drug-likeness (QED) is 0.858. The number of aromatic amines is 1. The zero-order valence-electron chi connectivity index (χ0n) is 12.0. The summed E-state index contributed by atoms with van der Waals surface area (Å²) in [6.07, 6.45) is 0. The van der Waals surface area contributed by atoms with Crippen LogP contribution in [-0.4, -0.2) is 40.9 Å². The first-order chi connectivity index (χ1) is 9.86. The molecule has 0 bridgehead atoms. The first-order valence-electron chi connectivity index (χ1n) is 7.05. The van der Waals surface area contributed by atoms with Crippen LogP contribution in [-0.2, 0) is 0 Å². The Morgan fingerprint density at radius 3 is 2.40 bits per heavy atom. The molecule has 20 heavy (non-hydrogen) atoms. The average molecular weight is 275 g/mol. The zero-order valence-corrected chi connectivity index (χ0v) is 12.0. The van der Waals surface area contributed by atoms with Crippen LogP contribution in [0.1, 0.15) is 13.8 Å². The van der Waals surface area contributed by atoms with Crippen LogP contribution >= 0.6 is 0 Å². The molecule has 0 aliphatic carbocycles. The molecule has 108 valence electrons. The highest BCUT2D eigenvalue weighted by molar-refractivity contribution is 5.42. The van der Waals surface area contributed by atoms with Crippen LogP contribution in [0, 0.1) is 0 Å². The fraction of sp³-hybridized carbons (Fsp3) is 0.429. The fourth-order valence-corrected chi connectivity index (χ4v) is 2.18. The van der Waals surface area contributed by atoms with E-state index in [1.165, 1.54) is 0 Å². The van der Waals surface area contributed by atoms with Gasteiger partial charge in [0.05, 0.1) is 5.69 Å². The van der Waals surface area contributed by atoms with Gasteiger partial charge in [-0.3, -0.25) is 0 Å². The molecule has 2 N–H and O–H groups in total. The monoisotopic (exact) mass is 275 g/mol. The molecule has 0 unspecified atom stereocenters. The van der Waals surface area contributed by atoms with Gasteiger partial charge in [-0.1, -0.05) is 32.0 Å². The first kappa shape index (κ1) is 14.3. The lowest BCUT2D eigenvalue weighted by Gasteiger charge is -2.27. The van der Waals surface area contributed by atoms with Gasteiger partial charge in [0.1, 0.15) is 0 Å². The van der Waals surface area contributed by atoms with Crippen molar-refractivity contribution in [3.8, 4) is 5.69 Å². The number of aromatic nitrogens is 3. The summed E-state index contributed by atoms with van der Waals surface area (Å²) >= 11 is 0. The molecule has 1 aromatic carbocycles. The third-order valence-electron chi connectivity index (χ3n) is 3.07. The molecule has 1 fully saturated rings. The molecule has 0 spiro atoms. The molecular weight excluding hydrogens is 254 g/mol. The van der Waals surface area contributed by atoms with E-state index in [9.17, 15) is 4.79 Å². The number of nitrogens with zero attached hydrogens (tertiary/aromatic N) is 3. The SMILES string of the molecule is CC.O=c1[nH]nc(N2CCNCC2)n1-c1ccccc1. The van der Waals surface area contributed by atoms with Gasteiger partial charge >= 0.3 is 5.69 Å². The Morgan fingerprint density at radius 1 is 1.10 bits per heavy atom. The maximum atomic E-state index is 11.9. The molecule has 6 nitrogen and oxygen atoms in total. The van der Waals surface area contributed by atoms with Crippen LogP contribution in [0.15, 0.2) is 35.1 Å². The van der Waals surface area contributed by atoms with E-state index in [-0.39, 0.29) is 5.69 Å². The number of rotatable bonds is 2. The predicted molar refractivity (Wildman–Crippen MR) is 80.6 cm³/mol. The van der Waals surface area contributed by atoms with Crippen molar-refractivity contribution in [3.63, 3.8) is 0 Å². The molecule has 0 atom stereocenters. The summed E-state index contributed by atoms with van der Waals surface area (Å²) in [6.45, 7) is 7.54. The minimum Gasteiger partial charge on any atom is -0.338 e. The second-order valence-electron chi connectivity index (χ2n) is 4.24. The van der Waals surface area contributed by atoms with E-state index in [1.807, 2.05) is 44.2 Å². The summed E-state index contributed by atoms with van der Waals surface area (Å²) in [5, 5.41) is 9.95. The van der Waals surface area contributed by atoms with Crippen molar-refractivity contribution in [2.75, 3.05) is 31.1 Å². The summed E-state index contributed by atoms with van der Waals surface area (Å²) in [6, 6.07) is 9.57. The minimum absolute atomic E-state index is 0.199. The normalized spacial score (nSPS) is 14.6. The Morgan fingerprint density at radius 2 is 1.75 bits per heavy atom.